The lowest BCUT2D eigenvalue weighted by molar-refractivity contribution is -0.140. The summed E-state index contributed by atoms with van der Waals surface area (Å²) >= 11 is 1.12. The van der Waals surface area contributed by atoms with Crippen molar-refractivity contribution in [3.8, 4) is 5.75 Å². The Kier molecular flexibility index (Phi) is 10.4. The van der Waals surface area contributed by atoms with Crippen LogP contribution in [-0.2, 0) is 19.1 Å². The van der Waals surface area contributed by atoms with Crippen molar-refractivity contribution in [2.75, 3.05) is 31.8 Å². The fourth-order valence-electron chi connectivity index (χ4n) is 6.11. The first-order valence-corrected chi connectivity index (χ1v) is 17.1. The van der Waals surface area contributed by atoms with Crippen molar-refractivity contribution in [2.24, 2.45) is 4.99 Å². The number of rotatable bonds is 13. The molecular weight excluding hydrogens is 646 g/mol. The van der Waals surface area contributed by atoms with E-state index < -0.39 is 23.5 Å². The molecule has 1 amide bonds. The van der Waals surface area contributed by atoms with Crippen LogP contribution in [0.4, 0.5) is 5.69 Å². The van der Waals surface area contributed by atoms with Gasteiger partial charge in [-0.2, -0.15) is 0 Å². The van der Waals surface area contributed by atoms with Gasteiger partial charge in [0.2, 0.25) is 5.76 Å². The van der Waals surface area contributed by atoms with E-state index in [1.807, 2.05) is 24.3 Å². The minimum atomic E-state index is -0.933. The highest BCUT2D eigenvalue weighted by molar-refractivity contribution is 7.07. The topological polar surface area (TPSA) is 130 Å². The predicted molar refractivity (Wildman–Crippen MR) is 183 cm³/mol. The summed E-state index contributed by atoms with van der Waals surface area (Å²) in [4.78, 5) is 61.4. The van der Waals surface area contributed by atoms with Crippen LogP contribution in [0, 0.1) is 0 Å². The third-order valence-electron chi connectivity index (χ3n) is 8.50. The van der Waals surface area contributed by atoms with Crippen LogP contribution in [-0.4, -0.2) is 49.3 Å². The van der Waals surface area contributed by atoms with Gasteiger partial charge in [0.05, 0.1) is 41.4 Å². The van der Waals surface area contributed by atoms with Gasteiger partial charge in [-0.05, 0) is 49.2 Å². The Morgan fingerprint density at radius 1 is 0.939 bits per heavy atom. The van der Waals surface area contributed by atoms with Crippen molar-refractivity contribution in [3.63, 3.8) is 0 Å². The number of ether oxygens (including phenoxy) is 3. The number of fused-ring (bicyclic) bond motifs is 2. The number of benzene rings is 2. The summed E-state index contributed by atoms with van der Waals surface area (Å²) in [5, 5.41) is 0. The number of allylic oxidation sites excluding steroid dienone is 1. The molecule has 0 saturated heterocycles. The van der Waals surface area contributed by atoms with Crippen LogP contribution in [0.3, 0.4) is 0 Å². The standard InChI is InChI=1S/C37H37N3O8S/c1-4-5-6-7-10-19-39-27-13-9-8-12-26(27)30(33(39)41)32-34(42)40-31(29(23(2)38-37(40)49-32)36(44)47-22-21-45-3)24-15-17-25(18-16-24)48-35(43)28-14-11-20-46-28/h8-9,11-18,20,31H,4-7,10,19,21-22H2,1-3H3. The number of hydrogen-bond donors (Lipinski definition) is 0. The molecule has 0 N–H and O–H groups in total. The lowest BCUT2D eigenvalue weighted by Gasteiger charge is -2.25. The van der Waals surface area contributed by atoms with E-state index in [4.69, 9.17) is 18.6 Å². The summed E-state index contributed by atoms with van der Waals surface area (Å²) in [5.74, 6) is -1.24. The summed E-state index contributed by atoms with van der Waals surface area (Å²) in [6.45, 7) is 4.61. The van der Waals surface area contributed by atoms with Crippen molar-refractivity contribution in [1.82, 2.24) is 4.57 Å². The zero-order valence-electron chi connectivity index (χ0n) is 27.6. The number of para-hydroxylation sites is 1. The largest absolute Gasteiger partial charge is 0.460 e. The summed E-state index contributed by atoms with van der Waals surface area (Å²) in [7, 11) is 1.50. The SMILES string of the molecule is CCCCCCCN1C(=O)C(=c2sc3n(c2=O)C(c2ccc(OC(=O)c4ccco4)cc2)C(C(=O)OCCOC)=C(C)N=3)c2ccccc21. The summed E-state index contributed by atoms with van der Waals surface area (Å²) < 4.78 is 22.9. The van der Waals surface area contributed by atoms with Crippen LogP contribution >= 0.6 is 11.3 Å². The Balaban J connectivity index is 1.43. The second kappa shape index (κ2) is 15.0. The second-order valence-electron chi connectivity index (χ2n) is 11.7. The molecule has 2 aliphatic heterocycles. The Bertz CT molecular complexity index is 2080. The normalized spacial score (nSPS) is 16.3. The van der Waals surface area contributed by atoms with Crippen molar-refractivity contribution in [1.29, 1.82) is 0 Å². The Morgan fingerprint density at radius 3 is 2.45 bits per heavy atom. The molecule has 4 aromatic rings. The molecule has 254 valence electrons. The van der Waals surface area contributed by atoms with Gasteiger partial charge >= 0.3 is 11.9 Å². The highest BCUT2D eigenvalue weighted by Crippen LogP contribution is 2.36. The van der Waals surface area contributed by atoms with Crippen molar-refractivity contribution >= 4 is 40.4 Å². The molecule has 2 aliphatic rings. The van der Waals surface area contributed by atoms with Gasteiger partial charge in [0, 0.05) is 19.2 Å². The maximum atomic E-state index is 14.5. The molecule has 1 unspecified atom stereocenters. The minimum Gasteiger partial charge on any atom is -0.460 e. The average molecular weight is 684 g/mol. The van der Waals surface area contributed by atoms with Crippen LogP contribution < -0.4 is 24.5 Å². The van der Waals surface area contributed by atoms with Crippen LogP contribution in [0.15, 0.2) is 92.4 Å². The number of aromatic nitrogens is 1. The molecule has 0 bridgehead atoms. The molecular formula is C37H37N3O8S. The van der Waals surface area contributed by atoms with Crippen LogP contribution in [0.25, 0.3) is 5.57 Å². The highest BCUT2D eigenvalue weighted by Gasteiger charge is 2.37. The maximum absolute atomic E-state index is 14.5. The molecule has 1 atom stereocenters. The molecule has 0 saturated carbocycles. The number of carbonyl (C=O) groups is 3. The molecule has 4 heterocycles. The average Bonchev–Trinajstić information content (AvgIpc) is 3.82. The van der Waals surface area contributed by atoms with Crippen molar-refractivity contribution in [2.45, 2.75) is 52.0 Å². The number of esters is 2. The number of furan rings is 1. The molecule has 12 heteroatoms. The van der Waals surface area contributed by atoms with E-state index in [0.717, 1.165) is 49.1 Å². The van der Waals surface area contributed by atoms with E-state index in [-0.39, 0.29) is 40.7 Å². The number of thiazole rings is 1. The first kappa shape index (κ1) is 33.8. The first-order valence-electron chi connectivity index (χ1n) is 16.3. The van der Waals surface area contributed by atoms with Gasteiger partial charge in [-0.15, -0.1) is 0 Å². The second-order valence-corrected chi connectivity index (χ2v) is 12.7. The Hall–Kier alpha value is -5.07. The molecule has 2 aromatic carbocycles. The van der Waals surface area contributed by atoms with E-state index in [0.29, 0.717) is 33.7 Å². The zero-order valence-corrected chi connectivity index (χ0v) is 28.4. The lowest BCUT2D eigenvalue weighted by Crippen LogP contribution is -2.41. The predicted octanol–water partition coefficient (Wildman–Crippen LogP) is 4.92. The monoisotopic (exact) mass is 683 g/mol. The molecule has 11 nitrogen and oxygen atoms in total. The third kappa shape index (κ3) is 6.79. The minimum absolute atomic E-state index is 0.00857. The number of hydrogen-bond acceptors (Lipinski definition) is 10. The quantitative estimate of drug-likeness (QED) is 0.110. The summed E-state index contributed by atoms with van der Waals surface area (Å²) in [6.07, 6.45) is 6.64. The fourth-order valence-corrected chi connectivity index (χ4v) is 7.25. The van der Waals surface area contributed by atoms with Crippen molar-refractivity contribution in [3.05, 3.63) is 115 Å². The fraction of sp³-hybridized carbons (Fsp3) is 0.324. The molecule has 2 aromatic heterocycles. The van der Waals surface area contributed by atoms with E-state index in [1.165, 1.54) is 24.0 Å². The van der Waals surface area contributed by atoms with Crippen LogP contribution in [0.2, 0.25) is 0 Å². The molecule has 0 fully saturated rings. The van der Waals surface area contributed by atoms with Crippen molar-refractivity contribution < 1.29 is 33.0 Å². The molecule has 49 heavy (non-hydrogen) atoms. The van der Waals surface area contributed by atoms with Gasteiger partial charge in [0.15, 0.2) is 4.80 Å². The Morgan fingerprint density at radius 2 is 1.71 bits per heavy atom. The highest BCUT2D eigenvalue weighted by atomic mass is 32.1. The summed E-state index contributed by atoms with van der Waals surface area (Å²) in [5.41, 5.74) is 2.46. The van der Waals surface area contributed by atoms with Gasteiger partial charge in [0.1, 0.15) is 16.9 Å². The molecule has 6 rings (SSSR count). The smallest absolute Gasteiger partial charge is 0.379 e. The molecule has 0 spiro atoms. The number of unbranched alkanes of at least 4 members (excludes halogenated alkanes) is 4. The van der Waals surface area contributed by atoms with Gasteiger partial charge in [-0.1, -0.05) is 74.3 Å². The lowest BCUT2D eigenvalue weighted by atomic mass is 9.96. The summed E-state index contributed by atoms with van der Waals surface area (Å²) in [6, 6.07) is 16.2. The van der Waals surface area contributed by atoms with E-state index >= 15 is 0 Å². The van der Waals surface area contributed by atoms with Gasteiger partial charge < -0.3 is 23.5 Å². The van der Waals surface area contributed by atoms with Gasteiger partial charge in [0.25, 0.3) is 11.5 Å². The van der Waals surface area contributed by atoms with E-state index in [9.17, 15) is 19.2 Å². The van der Waals surface area contributed by atoms with Gasteiger partial charge in [-0.25, -0.2) is 14.6 Å². The number of carbonyl (C=O) groups excluding carboxylic acids is 3. The third-order valence-corrected chi connectivity index (χ3v) is 9.56. The first-order chi connectivity index (χ1) is 23.8. The number of anilines is 1. The van der Waals surface area contributed by atoms with E-state index in [2.05, 4.69) is 11.9 Å². The zero-order chi connectivity index (χ0) is 34.5. The molecule has 0 radical (unpaired) electrons. The van der Waals surface area contributed by atoms with Gasteiger partial charge in [-0.3, -0.25) is 14.2 Å². The van der Waals surface area contributed by atoms with E-state index in [1.54, 1.807) is 42.2 Å². The Labute approximate surface area is 286 Å². The number of nitrogens with zero attached hydrogens (tertiary/aromatic N) is 3. The molecule has 0 aliphatic carbocycles. The number of amides is 1. The number of methoxy groups -OCH3 is 1. The van der Waals surface area contributed by atoms with Crippen LogP contribution in [0.5, 0.6) is 5.75 Å². The maximum Gasteiger partial charge on any atom is 0.379 e. The van der Waals surface area contributed by atoms with Crippen LogP contribution in [0.1, 0.15) is 73.7 Å².